The third-order valence-electron chi connectivity index (χ3n) is 2.61. The molecule has 16 heavy (non-hydrogen) atoms. The molecule has 1 N–H and O–H groups in total. The Hall–Kier alpha value is -1.96. The van der Waals surface area contributed by atoms with Gasteiger partial charge >= 0.3 is 0 Å². The highest BCUT2D eigenvalue weighted by Gasteiger charge is 2.50. The Balaban J connectivity index is 2.16. The quantitative estimate of drug-likeness (QED) is 0.809. The van der Waals surface area contributed by atoms with Crippen molar-refractivity contribution < 1.29 is 4.79 Å². The monoisotopic (exact) mass is 216 g/mol. The van der Waals surface area contributed by atoms with Crippen molar-refractivity contribution in [2.24, 2.45) is 5.41 Å². The number of hydrogen-bond acceptors (Lipinski definition) is 4. The number of carbonyl (C=O) groups is 1. The van der Waals surface area contributed by atoms with E-state index < -0.39 is 5.41 Å². The van der Waals surface area contributed by atoms with Crippen molar-refractivity contribution in [2.45, 2.75) is 26.7 Å². The minimum atomic E-state index is -0.832. The lowest BCUT2D eigenvalue weighted by molar-refractivity contribution is -0.119. The first-order valence-electron chi connectivity index (χ1n) is 5.11. The highest BCUT2D eigenvalue weighted by atomic mass is 16.2. The molecule has 0 radical (unpaired) electrons. The molecule has 0 spiro atoms. The summed E-state index contributed by atoms with van der Waals surface area (Å²) in [6.45, 7) is 3.67. The zero-order chi connectivity index (χ0) is 11.8. The van der Waals surface area contributed by atoms with E-state index >= 15 is 0 Å². The molecular weight excluding hydrogens is 204 g/mol. The SMILES string of the molecule is Cc1cc(C)nc(NC(=O)C2(C#N)CC2)n1. The average Bonchev–Trinajstić information content (AvgIpc) is 2.96. The first kappa shape index (κ1) is 10.6. The molecule has 0 saturated heterocycles. The largest absolute Gasteiger partial charge is 0.293 e. The van der Waals surface area contributed by atoms with Crippen LogP contribution in [-0.4, -0.2) is 15.9 Å². The molecule has 1 aromatic rings. The second kappa shape index (κ2) is 3.56. The van der Waals surface area contributed by atoms with Crippen LogP contribution in [0.15, 0.2) is 6.07 Å². The van der Waals surface area contributed by atoms with E-state index in [0.717, 1.165) is 11.4 Å². The second-order valence-electron chi connectivity index (χ2n) is 4.12. The molecular formula is C11H12N4O. The van der Waals surface area contributed by atoms with Crippen LogP contribution in [0.3, 0.4) is 0 Å². The summed E-state index contributed by atoms with van der Waals surface area (Å²) in [6, 6.07) is 3.86. The standard InChI is InChI=1S/C11H12N4O/c1-7-5-8(2)14-10(13-7)15-9(16)11(6-12)3-4-11/h5H,3-4H2,1-2H3,(H,13,14,15,16). The molecule has 1 aliphatic carbocycles. The van der Waals surface area contributed by atoms with Crippen LogP contribution < -0.4 is 5.32 Å². The van der Waals surface area contributed by atoms with E-state index in [0.29, 0.717) is 12.8 Å². The third kappa shape index (κ3) is 1.87. The van der Waals surface area contributed by atoms with Gasteiger partial charge in [0.2, 0.25) is 11.9 Å². The smallest absolute Gasteiger partial charge is 0.247 e. The van der Waals surface area contributed by atoms with Crippen LogP contribution >= 0.6 is 0 Å². The maximum atomic E-state index is 11.7. The van der Waals surface area contributed by atoms with Crippen molar-refractivity contribution >= 4 is 11.9 Å². The van der Waals surface area contributed by atoms with E-state index in [4.69, 9.17) is 5.26 Å². The third-order valence-corrected chi connectivity index (χ3v) is 2.61. The molecule has 2 rings (SSSR count). The summed E-state index contributed by atoms with van der Waals surface area (Å²) in [5, 5.41) is 11.5. The molecule has 1 heterocycles. The maximum absolute atomic E-state index is 11.7. The average molecular weight is 216 g/mol. The molecule has 5 nitrogen and oxygen atoms in total. The number of aryl methyl sites for hydroxylation is 2. The Bertz CT molecular complexity index is 465. The van der Waals surface area contributed by atoms with Crippen LogP contribution in [-0.2, 0) is 4.79 Å². The number of anilines is 1. The second-order valence-corrected chi connectivity index (χ2v) is 4.12. The zero-order valence-electron chi connectivity index (χ0n) is 9.24. The van der Waals surface area contributed by atoms with Crippen LogP contribution in [0.4, 0.5) is 5.95 Å². The van der Waals surface area contributed by atoms with Crippen molar-refractivity contribution in [1.82, 2.24) is 9.97 Å². The van der Waals surface area contributed by atoms with Gasteiger partial charge in [-0.3, -0.25) is 10.1 Å². The summed E-state index contributed by atoms with van der Waals surface area (Å²) in [5.74, 6) is -0.0102. The molecule has 82 valence electrons. The van der Waals surface area contributed by atoms with Gasteiger partial charge in [0, 0.05) is 11.4 Å². The van der Waals surface area contributed by atoms with Gasteiger partial charge in [0.05, 0.1) is 6.07 Å². The molecule has 0 unspecified atom stereocenters. The topological polar surface area (TPSA) is 78.7 Å². The molecule has 5 heteroatoms. The van der Waals surface area contributed by atoms with Gasteiger partial charge in [0.1, 0.15) is 5.41 Å². The highest BCUT2D eigenvalue weighted by molar-refractivity contribution is 5.98. The van der Waals surface area contributed by atoms with Crippen molar-refractivity contribution in [1.29, 1.82) is 5.26 Å². The molecule has 1 aromatic heterocycles. The summed E-state index contributed by atoms with van der Waals surface area (Å²) >= 11 is 0. The van der Waals surface area contributed by atoms with Crippen molar-refractivity contribution in [3.05, 3.63) is 17.5 Å². The Morgan fingerprint density at radius 3 is 2.44 bits per heavy atom. The fourth-order valence-corrected chi connectivity index (χ4v) is 1.52. The minimum Gasteiger partial charge on any atom is -0.293 e. The summed E-state index contributed by atoms with van der Waals surface area (Å²) in [6.07, 6.45) is 1.25. The van der Waals surface area contributed by atoms with Gasteiger partial charge in [-0.2, -0.15) is 5.26 Å². The molecule has 1 amide bonds. The molecule has 0 aliphatic heterocycles. The van der Waals surface area contributed by atoms with Crippen molar-refractivity contribution in [3.63, 3.8) is 0 Å². The lowest BCUT2D eigenvalue weighted by Gasteiger charge is -2.07. The zero-order valence-corrected chi connectivity index (χ0v) is 9.24. The molecule has 1 fully saturated rings. The first-order valence-corrected chi connectivity index (χ1v) is 5.11. The van der Waals surface area contributed by atoms with Crippen molar-refractivity contribution in [2.75, 3.05) is 5.32 Å². The minimum absolute atomic E-state index is 0.282. The highest BCUT2D eigenvalue weighted by Crippen LogP contribution is 2.45. The Morgan fingerprint density at radius 1 is 1.44 bits per heavy atom. The fraction of sp³-hybridized carbons (Fsp3) is 0.455. The van der Waals surface area contributed by atoms with Gasteiger partial charge in [0.25, 0.3) is 0 Å². The fourth-order valence-electron chi connectivity index (χ4n) is 1.52. The summed E-state index contributed by atoms with van der Waals surface area (Å²) in [5.41, 5.74) is 0.760. The van der Waals surface area contributed by atoms with E-state index in [9.17, 15) is 4.79 Å². The van der Waals surface area contributed by atoms with E-state index in [1.54, 1.807) is 0 Å². The predicted molar refractivity (Wildman–Crippen MR) is 57.4 cm³/mol. The molecule has 1 aliphatic rings. The molecule has 0 aromatic carbocycles. The predicted octanol–water partition coefficient (Wildman–Crippen LogP) is 1.34. The molecule has 0 atom stereocenters. The Morgan fingerprint density at radius 2 is 2.00 bits per heavy atom. The summed E-state index contributed by atoms with van der Waals surface area (Å²) < 4.78 is 0. The van der Waals surface area contributed by atoms with Crippen LogP contribution in [0.1, 0.15) is 24.2 Å². The van der Waals surface area contributed by atoms with E-state index in [1.807, 2.05) is 26.0 Å². The lowest BCUT2D eigenvalue weighted by atomic mass is 10.1. The van der Waals surface area contributed by atoms with E-state index in [1.165, 1.54) is 0 Å². The number of nitrogens with one attached hydrogen (secondary N) is 1. The van der Waals surface area contributed by atoms with Gasteiger partial charge < -0.3 is 0 Å². The van der Waals surface area contributed by atoms with Crippen LogP contribution in [0.25, 0.3) is 0 Å². The lowest BCUT2D eigenvalue weighted by Crippen LogP contribution is -2.24. The summed E-state index contributed by atoms with van der Waals surface area (Å²) in [4.78, 5) is 19.9. The number of amides is 1. The normalized spacial score (nSPS) is 16.3. The van der Waals surface area contributed by atoms with Gasteiger partial charge in [-0.05, 0) is 32.8 Å². The van der Waals surface area contributed by atoms with Crippen LogP contribution in [0, 0.1) is 30.6 Å². The molecule has 0 bridgehead atoms. The number of nitriles is 1. The molecule has 1 saturated carbocycles. The Labute approximate surface area is 93.5 Å². The maximum Gasteiger partial charge on any atom is 0.247 e. The first-order chi connectivity index (χ1) is 7.55. The van der Waals surface area contributed by atoms with Crippen LogP contribution in [0.2, 0.25) is 0 Å². The van der Waals surface area contributed by atoms with Crippen molar-refractivity contribution in [3.8, 4) is 6.07 Å². The number of carbonyl (C=O) groups excluding carboxylic acids is 1. The van der Waals surface area contributed by atoms with Gasteiger partial charge in [0.15, 0.2) is 0 Å². The number of nitrogens with zero attached hydrogens (tertiary/aromatic N) is 3. The van der Waals surface area contributed by atoms with Crippen LogP contribution in [0.5, 0.6) is 0 Å². The number of hydrogen-bond donors (Lipinski definition) is 1. The van der Waals surface area contributed by atoms with Gasteiger partial charge in [-0.15, -0.1) is 0 Å². The van der Waals surface area contributed by atoms with E-state index in [2.05, 4.69) is 15.3 Å². The number of aromatic nitrogens is 2. The van der Waals surface area contributed by atoms with Gasteiger partial charge in [-0.1, -0.05) is 0 Å². The Kier molecular flexibility index (Phi) is 2.35. The van der Waals surface area contributed by atoms with E-state index in [-0.39, 0.29) is 11.9 Å². The summed E-state index contributed by atoms with van der Waals surface area (Å²) in [7, 11) is 0. The number of rotatable bonds is 2. The van der Waals surface area contributed by atoms with Gasteiger partial charge in [-0.25, -0.2) is 9.97 Å².